The molecule has 0 aliphatic heterocycles. The second-order valence-electron chi connectivity index (χ2n) is 6.89. The lowest BCUT2D eigenvalue weighted by Gasteiger charge is -2.15. The van der Waals surface area contributed by atoms with E-state index in [1.165, 1.54) is 25.7 Å². The Hall–Kier alpha value is -1.38. The first-order chi connectivity index (χ1) is 11.2. The zero-order chi connectivity index (χ0) is 16.1. The highest BCUT2D eigenvalue weighted by atomic mass is 19.2. The van der Waals surface area contributed by atoms with Gasteiger partial charge in [-0.05, 0) is 68.9 Å². The minimum atomic E-state index is -0.825. The van der Waals surface area contributed by atoms with Gasteiger partial charge in [0.25, 0.3) is 0 Å². The van der Waals surface area contributed by atoms with Gasteiger partial charge in [0.1, 0.15) is 0 Å². The molecule has 3 heteroatoms. The number of halogens is 2. The number of benzene rings is 1. The molecule has 0 atom stereocenters. The van der Waals surface area contributed by atoms with Crippen LogP contribution >= 0.6 is 0 Å². The van der Waals surface area contributed by atoms with E-state index in [0.717, 1.165) is 32.1 Å². The fourth-order valence-electron chi connectivity index (χ4n) is 3.72. The van der Waals surface area contributed by atoms with Gasteiger partial charge in [-0.2, -0.15) is 4.39 Å². The summed E-state index contributed by atoms with van der Waals surface area (Å²) < 4.78 is 33.9. The monoisotopic (exact) mass is 320 g/mol. The molecule has 0 saturated heterocycles. The van der Waals surface area contributed by atoms with E-state index in [2.05, 4.69) is 12.2 Å². The molecule has 126 valence electrons. The molecular weight excluding hydrogens is 294 g/mol. The zero-order valence-electron chi connectivity index (χ0n) is 13.7. The van der Waals surface area contributed by atoms with Gasteiger partial charge in [0.15, 0.2) is 11.6 Å². The Bertz CT molecular complexity index is 541. The van der Waals surface area contributed by atoms with Gasteiger partial charge in [0.05, 0.1) is 6.10 Å². The van der Waals surface area contributed by atoms with Gasteiger partial charge in [-0.3, -0.25) is 0 Å². The first kappa shape index (κ1) is 16.5. The molecule has 0 aromatic heterocycles. The smallest absolute Gasteiger partial charge is 0.200 e. The van der Waals surface area contributed by atoms with Gasteiger partial charge in [0, 0.05) is 0 Å². The van der Waals surface area contributed by atoms with E-state index in [-0.39, 0.29) is 11.9 Å². The summed E-state index contributed by atoms with van der Waals surface area (Å²) in [5.74, 6) is -0.803. The molecule has 2 aliphatic carbocycles. The third kappa shape index (κ3) is 4.33. The molecule has 0 radical (unpaired) electrons. The minimum Gasteiger partial charge on any atom is -0.487 e. The topological polar surface area (TPSA) is 9.23 Å². The van der Waals surface area contributed by atoms with Crippen LogP contribution in [0.1, 0.15) is 63.4 Å². The summed E-state index contributed by atoms with van der Waals surface area (Å²) in [6, 6.07) is 3.26. The van der Waals surface area contributed by atoms with Gasteiger partial charge < -0.3 is 4.74 Å². The van der Waals surface area contributed by atoms with E-state index in [4.69, 9.17) is 4.74 Å². The summed E-state index contributed by atoms with van der Waals surface area (Å²) in [6.07, 6.45) is 15.0. The molecule has 0 heterocycles. The van der Waals surface area contributed by atoms with Crippen molar-refractivity contribution < 1.29 is 13.5 Å². The lowest BCUT2D eigenvalue weighted by atomic mass is 10.0. The Morgan fingerprint density at radius 3 is 2.39 bits per heavy atom. The normalized spacial score (nSPS) is 19.9. The zero-order valence-corrected chi connectivity index (χ0v) is 13.7. The number of hydrogen-bond acceptors (Lipinski definition) is 1. The predicted molar refractivity (Wildman–Crippen MR) is 88.7 cm³/mol. The van der Waals surface area contributed by atoms with Crippen LogP contribution in [-0.2, 0) is 6.42 Å². The standard InChI is InChI=1S/C20H26F2O/c21-19-16(10-4-3-9-15-7-1-2-8-15)13-14-18(20(19)22)23-17-11-5-6-12-17/h3,9,13-15,17H,1-2,4-8,10-12H2/b9-3+. The van der Waals surface area contributed by atoms with Crippen molar-refractivity contribution in [2.75, 3.05) is 0 Å². The van der Waals surface area contributed by atoms with Crippen LogP contribution in [0.25, 0.3) is 0 Å². The molecule has 1 aromatic carbocycles. The number of allylic oxidation sites excluding steroid dienone is 2. The second-order valence-corrected chi connectivity index (χ2v) is 6.89. The van der Waals surface area contributed by atoms with Crippen LogP contribution in [0.3, 0.4) is 0 Å². The molecule has 0 N–H and O–H groups in total. The van der Waals surface area contributed by atoms with Crippen LogP contribution in [0, 0.1) is 17.6 Å². The summed E-state index contributed by atoms with van der Waals surface area (Å²) in [5, 5.41) is 0. The second kappa shape index (κ2) is 7.94. The number of hydrogen-bond donors (Lipinski definition) is 0. The molecule has 0 spiro atoms. The molecule has 0 bridgehead atoms. The first-order valence-electron chi connectivity index (χ1n) is 9.04. The number of rotatable bonds is 6. The summed E-state index contributed by atoms with van der Waals surface area (Å²) in [6.45, 7) is 0. The minimum absolute atomic E-state index is 0.0455. The Morgan fingerprint density at radius 2 is 1.65 bits per heavy atom. The average Bonchev–Trinajstić information content (AvgIpc) is 3.24. The van der Waals surface area contributed by atoms with Crippen LogP contribution in [0.5, 0.6) is 5.75 Å². The van der Waals surface area contributed by atoms with E-state index < -0.39 is 11.6 Å². The van der Waals surface area contributed by atoms with Gasteiger partial charge in [-0.25, -0.2) is 4.39 Å². The van der Waals surface area contributed by atoms with E-state index in [1.807, 2.05) is 0 Å². The van der Waals surface area contributed by atoms with Crippen LogP contribution in [0.4, 0.5) is 8.78 Å². The fraction of sp³-hybridized carbons (Fsp3) is 0.600. The molecular formula is C20H26F2O. The van der Waals surface area contributed by atoms with Crippen molar-refractivity contribution in [2.45, 2.75) is 70.3 Å². The van der Waals surface area contributed by atoms with Crippen LogP contribution in [0.15, 0.2) is 24.3 Å². The Balaban J connectivity index is 1.55. The van der Waals surface area contributed by atoms with E-state index in [0.29, 0.717) is 17.9 Å². The van der Waals surface area contributed by atoms with Crippen molar-refractivity contribution in [3.63, 3.8) is 0 Å². The van der Waals surface area contributed by atoms with Crippen molar-refractivity contribution in [3.05, 3.63) is 41.5 Å². The van der Waals surface area contributed by atoms with Crippen molar-refractivity contribution >= 4 is 0 Å². The van der Waals surface area contributed by atoms with E-state index in [1.54, 1.807) is 12.1 Å². The molecule has 23 heavy (non-hydrogen) atoms. The molecule has 3 rings (SSSR count). The molecule has 0 amide bonds. The Kier molecular flexibility index (Phi) is 5.69. The first-order valence-corrected chi connectivity index (χ1v) is 9.04. The largest absolute Gasteiger partial charge is 0.487 e. The number of ether oxygens (including phenoxy) is 1. The highest BCUT2D eigenvalue weighted by Gasteiger charge is 2.20. The highest BCUT2D eigenvalue weighted by molar-refractivity contribution is 5.31. The third-order valence-corrected chi connectivity index (χ3v) is 5.11. The third-order valence-electron chi connectivity index (χ3n) is 5.11. The summed E-state index contributed by atoms with van der Waals surface area (Å²) in [7, 11) is 0. The Morgan fingerprint density at radius 1 is 0.957 bits per heavy atom. The van der Waals surface area contributed by atoms with Crippen molar-refractivity contribution in [1.29, 1.82) is 0 Å². The summed E-state index contributed by atoms with van der Waals surface area (Å²) in [4.78, 5) is 0. The number of aryl methyl sites for hydroxylation is 1. The van der Waals surface area contributed by atoms with Gasteiger partial charge in [0.2, 0.25) is 5.82 Å². The molecule has 1 aromatic rings. The molecule has 2 aliphatic rings. The molecule has 2 saturated carbocycles. The molecule has 0 unspecified atom stereocenters. The van der Waals surface area contributed by atoms with Gasteiger partial charge in [-0.1, -0.05) is 31.1 Å². The van der Waals surface area contributed by atoms with Gasteiger partial charge >= 0.3 is 0 Å². The fourth-order valence-corrected chi connectivity index (χ4v) is 3.72. The van der Waals surface area contributed by atoms with Crippen LogP contribution < -0.4 is 4.74 Å². The highest BCUT2D eigenvalue weighted by Crippen LogP contribution is 2.29. The lowest BCUT2D eigenvalue weighted by Crippen LogP contribution is -2.12. The summed E-state index contributed by atoms with van der Waals surface area (Å²) in [5.41, 5.74) is 0.442. The van der Waals surface area contributed by atoms with Crippen molar-refractivity contribution in [1.82, 2.24) is 0 Å². The van der Waals surface area contributed by atoms with Crippen molar-refractivity contribution in [2.24, 2.45) is 5.92 Å². The SMILES string of the molecule is Fc1c(CC/C=C/C2CCCC2)ccc(OC2CCCC2)c1F. The molecule has 1 nitrogen and oxygen atoms in total. The van der Waals surface area contributed by atoms with Gasteiger partial charge in [-0.15, -0.1) is 0 Å². The van der Waals surface area contributed by atoms with E-state index >= 15 is 0 Å². The maximum absolute atomic E-state index is 14.2. The summed E-state index contributed by atoms with van der Waals surface area (Å²) >= 11 is 0. The predicted octanol–water partition coefficient (Wildman–Crippen LogP) is 5.97. The maximum atomic E-state index is 14.2. The quantitative estimate of drug-likeness (QED) is 0.587. The average molecular weight is 320 g/mol. The van der Waals surface area contributed by atoms with Crippen molar-refractivity contribution in [3.8, 4) is 5.75 Å². The lowest BCUT2D eigenvalue weighted by molar-refractivity contribution is 0.198. The van der Waals surface area contributed by atoms with E-state index in [9.17, 15) is 8.78 Å². The molecule has 2 fully saturated rings. The van der Waals surface area contributed by atoms with Crippen LogP contribution in [-0.4, -0.2) is 6.10 Å². The maximum Gasteiger partial charge on any atom is 0.200 e. The van der Waals surface area contributed by atoms with Crippen LogP contribution in [0.2, 0.25) is 0 Å². The Labute approximate surface area is 137 Å².